The number of imidazole rings is 1. The summed E-state index contributed by atoms with van der Waals surface area (Å²) in [7, 11) is 0. The molecule has 0 saturated heterocycles. The Labute approximate surface area is 138 Å². The molecule has 3 aromatic rings. The van der Waals surface area contributed by atoms with Crippen molar-refractivity contribution in [3.63, 3.8) is 0 Å². The number of nitrogens with zero attached hydrogens (tertiary/aromatic N) is 4. The number of aromatic nitrogens is 4. The highest BCUT2D eigenvalue weighted by Gasteiger charge is 2.10. The molecule has 0 spiro atoms. The van der Waals surface area contributed by atoms with Gasteiger partial charge in [0.1, 0.15) is 5.82 Å². The number of rotatable bonds is 5. The predicted molar refractivity (Wildman–Crippen MR) is 87.5 cm³/mol. The van der Waals surface area contributed by atoms with E-state index < -0.39 is 11.6 Å². The van der Waals surface area contributed by atoms with Crippen molar-refractivity contribution in [2.24, 2.45) is 0 Å². The van der Waals surface area contributed by atoms with Gasteiger partial charge in [0.2, 0.25) is 5.95 Å². The summed E-state index contributed by atoms with van der Waals surface area (Å²) in [5.74, 6) is -0.504. The van der Waals surface area contributed by atoms with E-state index >= 15 is 0 Å². The van der Waals surface area contributed by atoms with Crippen molar-refractivity contribution in [2.45, 2.75) is 26.4 Å². The van der Waals surface area contributed by atoms with E-state index in [9.17, 15) is 8.78 Å². The first-order valence-electron chi connectivity index (χ1n) is 7.57. The van der Waals surface area contributed by atoms with Crippen molar-refractivity contribution < 1.29 is 8.78 Å². The van der Waals surface area contributed by atoms with Gasteiger partial charge in [-0.1, -0.05) is 6.07 Å². The highest BCUT2D eigenvalue weighted by molar-refractivity contribution is 5.54. The average Bonchev–Trinajstić information content (AvgIpc) is 2.99. The van der Waals surface area contributed by atoms with Gasteiger partial charge in [-0.3, -0.25) is 0 Å². The van der Waals surface area contributed by atoms with E-state index in [2.05, 4.69) is 20.3 Å². The first kappa shape index (κ1) is 16.0. The number of anilines is 1. The molecular formula is C17H17F2N5. The molecule has 0 radical (unpaired) electrons. The molecule has 5 nitrogen and oxygen atoms in total. The molecule has 0 aliphatic carbocycles. The van der Waals surface area contributed by atoms with Crippen LogP contribution in [0.3, 0.4) is 0 Å². The summed E-state index contributed by atoms with van der Waals surface area (Å²) >= 11 is 0. The molecule has 0 aliphatic heterocycles. The molecule has 7 heteroatoms. The Morgan fingerprint density at radius 2 is 1.83 bits per heavy atom. The third kappa shape index (κ3) is 3.56. The van der Waals surface area contributed by atoms with Gasteiger partial charge in [0.15, 0.2) is 11.6 Å². The summed E-state index contributed by atoms with van der Waals surface area (Å²) in [6, 6.07) is 4.10. The van der Waals surface area contributed by atoms with Crippen LogP contribution in [0, 0.1) is 11.6 Å². The Hall–Kier alpha value is -2.83. The van der Waals surface area contributed by atoms with Gasteiger partial charge < -0.3 is 9.88 Å². The minimum absolute atomic E-state index is 0.242. The molecule has 0 unspecified atom stereocenters. The molecule has 124 valence electrons. The third-order valence-corrected chi connectivity index (χ3v) is 3.38. The zero-order valence-electron chi connectivity index (χ0n) is 13.4. The number of halogens is 2. The van der Waals surface area contributed by atoms with Crippen LogP contribution >= 0.6 is 0 Å². The van der Waals surface area contributed by atoms with E-state index in [1.807, 2.05) is 18.4 Å². The molecule has 1 aromatic carbocycles. The van der Waals surface area contributed by atoms with Crippen LogP contribution in [0.2, 0.25) is 0 Å². The zero-order chi connectivity index (χ0) is 17.1. The second kappa shape index (κ2) is 6.74. The van der Waals surface area contributed by atoms with Gasteiger partial charge >= 0.3 is 0 Å². The zero-order valence-corrected chi connectivity index (χ0v) is 13.4. The topological polar surface area (TPSA) is 55.6 Å². The number of nitrogens with one attached hydrogen (secondary N) is 1. The van der Waals surface area contributed by atoms with Crippen molar-refractivity contribution in [3.05, 3.63) is 60.2 Å². The highest BCUT2D eigenvalue weighted by Crippen LogP contribution is 2.18. The van der Waals surface area contributed by atoms with Crippen molar-refractivity contribution >= 4 is 5.95 Å². The van der Waals surface area contributed by atoms with Crippen molar-refractivity contribution in [2.75, 3.05) is 5.32 Å². The van der Waals surface area contributed by atoms with Crippen LogP contribution in [0.15, 0.2) is 43.0 Å². The van der Waals surface area contributed by atoms with Crippen LogP contribution in [0.5, 0.6) is 0 Å². The summed E-state index contributed by atoms with van der Waals surface area (Å²) in [5, 5.41) is 3.12. The molecule has 0 bridgehead atoms. The Morgan fingerprint density at radius 3 is 2.50 bits per heavy atom. The van der Waals surface area contributed by atoms with E-state index in [4.69, 9.17) is 0 Å². The minimum Gasteiger partial charge on any atom is -0.352 e. The predicted octanol–water partition coefficient (Wildman–Crippen LogP) is 3.49. The maximum absolute atomic E-state index is 13.4. The van der Waals surface area contributed by atoms with E-state index in [0.29, 0.717) is 23.9 Å². The van der Waals surface area contributed by atoms with Crippen LogP contribution < -0.4 is 5.32 Å². The molecule has 24 heavy (non-hydrogen) atoms. The Bertz CT molecular complexity index is 827. The first-order valence-corrected chi connectivity index (χ1v) is 7.57. The highest BCUT2D eigenvalue weighted by atomic mass is 19.2. The maximum Gasteiger partial charge on any atom is 0.222 e. The van der Waals surface area contributed by atoms with Gasteiger partial charge in [-0.15, -0.1) is 0 Å². The lowest BCUT2D eigenvalue weighted by Gasteiger charge is -2.10. The summed E-state index contributed by atoms with van der Waals surface area (Å²) in [4.78, 5) is 12.8. The SMILES string of the molecule is CC(C)Nc1ncc(-c2nccn2Cc2ccc(F)c(F)c2)cn1. The number of hydrogen-bond donors (Lipinski definition) is 1. The van der Waals surface area contributed by atoms with Crippen LogP contribution in [-0.4, -0.2) is 25.6 Å². The smallest absolute Gasteiger partial charge is 0.222 e. The van der Waals surface area contributed by atoms with Crippen molar-refractivity contribution in [1.82, 2.24) is 19.5 Å². The molecule has 2 aromatic heterocycles. The van der Waals surface area contributed by atoms with E-state index in [0.717, 1.165) is 11.6 Å². The number of hydrogen-bond acceptors (Lipinski definition) is 4. The maximum atomic E-state index is 13.4. The lowest BCUT2D eigenvalue weighted by atomic mass is 10.2. The van der Waals surface area contributed by atoms with Crippen molar-refractivity contribution in [1.29, 1.82) is 0 Å². The summed E-state index contributed by atoms with van der Waals surface area (Å²) in [6.07, 6.45) is 6.79. The van der Waals surface area contributed by atoms with Gasteiger partial charge in [-0.25, -0.2) is 23.7 Å². The lowest BCUT2D eigenvalue weighted by molar-refractivity contribution is 0.506. The van der Waals surface area contributed by atoms with E-state index in [-0.39, 0.29) is 6.04 Å². The largest absolute Gasteiger partial charge is 0.352 e. The van der Waals surface area contributed by atoms with Crippen LogP contribution in [0.1, 0.15) is 19.4 Å². The van der Waals surface area contributed by atoms with Gasteiger partial charge in [0, 0.05) is 37.4 Å². The van der Waals surface area contributed by atoms with Gasteiger partial charge in [-0.05, 0) is 31.5 Å². The van der Waals surface area contributed by atoms with Crippen LogP contribution in [0.4, 0.5) is 14.7 Å². The molecular weight excluding hydrogens is 312 g/mol. The number of benzene rings is 1. The molecule has 0 aliphatic rings. The normalized spacial score (nSPS) is 11.0. The van der Waals surface area contributed by atoms with Crippen LogP contribution in [-0.2, 0) is 6.54 Å². The first-order chi connectivity index (χ1) is 11.5. The molecule has 0 amide bonds. The average molecular weight is 329 g/mol. The summed E-state index contributed by atoms with van der Waals surface area (Å²) in [6.45, 7) is 4.39. The minimum atomic E-state index is -0.860. The fourth-order valence-corrected chi connectivity index (χ4v) is 2.31. The second-order valence-corrected chi connectivity index (χ2v) is 5.72. The third-order valence-electron chi connectivity index (χ3n) is 3.38. The summed E-state index contributed by atoms with van der Waals surface area (Å²) < 4.78 is 28.2. The van der Waals surface area contributed by atoms with Crippen LogP contribution in [0.25, 0.3) is 11.4 Å². The molecule has 2 heterocycles. The second-order valence-electron chi connectivity index (χ2n) is 5.72. The molecule has 0 fully saturated rings. The quantitative estimate of drug-likeness (QED) is 0.778. The summed E-state index contributed by atoms with van der Waals surface area (Å²) in [5.41, 5.74) is 1.39. The molecule has 3 rings (SSSR count). The van der Waals surface area contributed by atoms with Crippen molar-refractivity contribution in [3.8, 4) is 11.4 Å². The van der Waals surface area contributed by atoms with Gasteiger partial charge in [0.25, 0.3) is 0 Å². The van der Waals surface area contributed by atoms with Gasteiger partial charge in [-0.2, -0.15) is 0 Å². The Kier molecular flexibility index (Phi) is 4.50. The fraction of sp³-hybridized carbons (Fsp3) is 0.235. The van der Waals surface area contributed by atoms with Gasteiger partial charge in [0.05, 0.1) is 5.56 Å². The Morgan fingerprint density at radius 1 is 1.08 bits per heavy atom. The monoisotopic (exact) mass is 329 g/mol. The Balaban J connectivity index is 1.83. The van der Waals surface area contributed by atoms with E-state index in [1.54, 1.807) is 30.9 Å². The fourth-order valence-electron chi connectivity index (χ4n) is 2.31. The van der Waals surface area contributed by atoms with E-state index in [1.165, 1.54) is 6.07 Å². The molecule has 1 N–H and O–H groups in total. The standard InChI is InChI=1S/C17H17F2N5/c1-11(2)23-17-21-8-13(9-22-17)16-20-5-6-24(16)10-12-3-4-14(18)15(19)7-12/h3-9,11H,10H2,1-2H3,(H,21,22,23). The molecule has 0 atom stereocenters. The lowest BCUT2D eigenvalue weighted by Crippen LogP contribution is -2.12. The molecule has 0 saturated carbocycles.